The van der Waals surface area contributed by atoms with Crippen LogP contribution in [-0.2, 0) is 4.79 Å². The van der Waals surface area contributed by atoms with Crippen LogP contribution in [0.4, 0.5) is 5.69 Å². The monoisotopic (exact) mass is 476 g/mol. The van der Waals surface area contributed by atoms with Gasteiger partial charge in [-0.2, -0.15) is 0 Å². The smallest absolute Gasteiger partial charge is 0.256 e. The summed E-state index contributed by atoms with van der Waals surface area (Å²) in [5, 5.41) is 6.42. The molecule has 2 amide bonds. The first-order chi connectivity index (χ1) is 16.5. The third-order valence-corrected chi connectivity index (χ3v) is 6.60. The molecule has 0 bridgehead atoms. The Bertz CT molecular complexity index is 1280. The molecule has 34 heavy (non-hydrogen) atoms. The number of carbonyl (C=O) groups is 2. The zero-order valence-electron chi connectivity index (χ0n) is 18.8. The predicted octanol–water partition coefficient (Wildman–Crippen LogP) is 4.70. The molecule has 0 saturated carbocycles. The van der Waals surface area contributed by atoms with E-state index in [9.17, 15) is 9.59 Å². The predicted molar refractivity (Wildman–Crippen MR) is 132 cm³/mol. The zero-order chi connectivity index (χ0) is 23.7. The molecular weight excluding hydrogens is 452 g/mol. The number of hydrogen-bond acceptors (Lipinski definition) is 5. The van der Waals surface area contributed by atoms with Crippen LogP contribution in [0.5, 0.6) is 0 Å². The molecule has 174 valence electrons. The van der Waals surface area contributed by atoms with Gasteiger partial charge in [-0.1, -0.05) is 18.5 Å². The second kappa shape index (κ2) is 9.44. The van der Waals surface area contributed by atoms with E-state index in [1.165, 1.54) is 6.42 Å². The summed E-state index contributed by atoms with van der Waals surface area (Å²) in [5.41, 5.74) is 3.11. The Labute approximate surface area is 202 Å². The van der Waals surface area contributed by atoms with Gasteiger partial charge >= 0.3 is 0 Å². The maximum Gasteiger partial charge on any atom is 0.256 e. The Morgan fingerprint density at radius 1 is 1.29 bits per heavy atom. The highest BCUT2D eigenvalue weighted by molar-refractivity contribution is 6.36. The highest BCUT2D eigenvalue weighted by atomic mass is 35.5. The van der Waals surface area contributed by atoms with E-state index in [2.05, 4.69) is 27.4 Å². The minimum absolute atomic E-state index is 0.151. The van der Waals surface area contributed by atoms with Crippen LogP contribution in [0.15, 0.2) is 53.2 Å². The third kappa shape index (κ3) is 4.49. The quantitative estimate of drug-likeness (QED) is 0.503. The molecule has 0 radical (unpaired) electrons. The number of likely N-dealkylation sites (N-methyl/N-ethyl adjacent to an activating group) is 1. The molecule has 4 heterocycles. The van der Waals surface area contributed by atoms with Gasteiger partial charge in [0.1, 0.15) is 11.5 Å². The average molecular weight is 477 g/mol. The first kappa shape index (κ1) is 22.4. The Hall–Kier alpha value is -3.42. The number of aromatic nitrogens is 1. The molecule has 1 unspecified atom stereocenters. The fourth-order valence-corrected chi connectivity index (χ4v) is 4.76. The lowest BCUT2D eigenvalue weighted by Crippen LogP contribution is -2.40. The molecule has 1 saturated heterocycles. The van der Waals surface area contributed by atoms with Crippen LogP contribution in [0, 0.1) is 0 Å². The van der Waals surface area contributed by atoms with Crippen molar-refractivity contribution < 1.29 is 14.0 Å². The maximum absolute atomic E-state index is 12.7. The summed E-state index contributed by atoms with van der Waals surface area (Å²) >= 11 is 6.11. The standard InChI is InChI=1S/C26H25ClN4O3/c1-2-31-9-3-4-19(31)15-29-25(32)17-10-16(13-28-14-17)24-8-6-20(34-24)12-22-21-11-18(27)5-7-23(21)30-26(22)33/h5-8,10-14,19H,2-4,9,15H2,1H3,(H,29,32)(H,30,33)/b22-12+. The van der Waals surface area contributed by atoms with Crippen LogP contribution >= 0.6 is 11.6 Å². The first-order valence-electron chi connectivity index (χ1n) is 11.4. The number of carbonyl (C=O) groups excluding carboxylic acids is 2. The Morgan fingerprint density at radius 3 is 3.03 bits per heavy atom. The number of fused-ring (bicyclic) bond motifs is 1. The largest absolute Gasteiger partial charge is 0.457 e. The van der Waals surface area contributed by atoms with Crippen molar-refractivity contribution in [1.29, 1.82) is 0 Å². The van der Waals surface area contributed by atoms with E-state index in [4.69, 9.17) is 16.0 Å². The van der Waals surface area contributed by atoms with Crippen LogP contribution < -0.4 is 10.6 Å². The fraction of sp³-hybridized carbons (Fsp3) is 0.269. The molecular formula is C26H25ClN4O3. The van der Waals surface area contributed by atoms with Crippen molar-refractivity contribution >= 4 is 40.8 Å². The highest BCUT2D eigenvalue weighted by Crippen LogP contribution is 2.35. The second-order valence-electron chi connectivity index (χ2n) is 8.50. The van der Waals surface area contributed by atoms with Crippen molar-refractivity contribution in [2.45, 2.75) is 25.8 Å². The first-order valence-corrected chi connectivity index (χ1v) is 11.8. The summed E-state index contributed by atoms with van der Waals surface area (Å²) < 4.78 is 5.96. The third-order valence-electron chi connectivity index (χ3n) is 6.37. The lowest BCUT2D eigenvalue weighted by molar-refractivity contribution is -0.110. The van der Waals surface area contributed by atoms with Gasteiger partial charge in [-0.25, -0.2) is 0 Å². The lowest BCUT2D eigenvalue weighted by atomic mass is 10.1. The molecule has 2 aromatic heterocycles. The van der Waals surface area contributed by atoms with Crippen LogP contribution in [-0.4, -0.2) is 47.4 Å². The number of anilines is 1. The number of nitrogens with one attached hydrogen (secondary N) is 2. The number of likely N-dealkylation sites (tertiary alicyclic amines) is 1. The van der Waals surface area contributed by atoms with Gasteiger partial charge in [0.25, 0.3) is 11.8 Å². The van der Waals surface area contributed by atoms with E-state index in [1.807, 2.05) is 0 Å². The maximum atomic E-state index is 12.7. The van der Waals surface area contributed by atoms with Crippen molar-refractivity contribution in [3.05, 3.63) is 70.7 Å². The summed E-state index contributed by atoms with van der Waals surface area (Å²) in [5.74, 6) is 0.720. The van der Waals surface area contributed by atoms with Gasteiger partial charge in [0.05, 0.1) is 11.1 Å². The summed E-state index contributed by atoms with van der Waals surface area (Å²) in [6, 6.07) is 11.0. The Kier molecular flexibility index (Phi) is 6.22. The SMILES string of the molecule is CCN1CCCC1CNC(=O)c1cncc(-c2ccc(/C=C3/C(=O)Nc4ccc(Cl)cc43)o2)c1. The number of hydrogen-bond donors (Lipinski definition) is 2. The van der Waals surface area contributed by atoms with Crippen molar-refractivity contribution in [2.24, 2.45) is 0 Å². The number of halogens is 1. The molecule has 0 spiro atoms. The zero-order valence-corrected chi connectivity index (χ0v) is 19.6. The minimum atomic E-state index is -0.209. The molecule has 3 aromatic rings. The topological polar surface area (TPSA) is 87.5 Å². The molecule has 2 aliphatic heterocycles. The molecule has 5 rings (SSSR count). The van der Waals surface area contributed by atoms with Crippen molar-refractivity contribution in [2.75, 3.05) is 25.0 Å². The fourth-order valence-electron chi connectivity index (χ4n) is 4.59. The molecule has 1 atom stereocenters. The number of rotatable bonds is 6. The molecule has 0 aliphatic carbocycles. The molecule has 1 fully saturated rings. The Balaban J connectivity index is 1.32. The lowest BCUT2D eigenvalue weighted by Gasteiger charge is -2.22. The van der Waals surface area contributed by atoms with E-state index < -0.39 is 0 Å². The van der Waals surface area contributed by atoms with E-state index in [0.29, 0.717) is 45.8 Å². The van der Waals surface area contributed by atoms with E-state index in [-0.39, 0.29) is 11.8 Å². The van der Waals surface area contributed by atoms with Crippen LogP contribution in [0.3, 0.4) is 0 Å². The summed E-state index contributed by atoms with van der Waals surface area (Å²) in [6.45, 7) is 4.86. The van der Waals surface area contributed by atoms with Crippen molar-refractivity contribution in [3.63, 3.8) is 0 Å². The molecule has 2 N–H and O–H groups in total. The Morgan fingerprint density at radius 2 is 2.18 bits per heavy atom. The molecule has 2 aliphatic rings. The number of benzene rings is 1. The molecule has 1 aromatic carbocycles. The normalized spacial score (nSPS) is 18.8. The van der Waals surface area contributed by atoms with Gasteiger partial charge in [0, 0.05) is 46.8 Å². The van der Waals surface area contributed by atoms with Gasteiger partial charge in [0.15, 0.2) is 0 Å². The van der Waals surface area contributed by atoms with Gasteiger partial charge in [-0.15, -0.1) is 0 Å². The van der Waals surface area contributed by atoms with E-state index in [0.717, 1.165) is 30.8 Å². The van der Waals surface area contributed by atoms with Crippen LogP contribution in [0.25, 0.3) is 23.0 Å². The number of nitrogens with zero attached hydrogens (tertiary/aromatic N) is 2. The van der Waals surface area contributed by atoms with Crippen molar-refractivity contribution in [1.82, 2.24) is 15.2 Å². The van der Waals surface area contributed by atoms with Gasteiger partial charge in [-0.3, -0.25) is 19.5 Å². The average Bonchev–Trinajstić information content (AvgIpc) is 3.57. The number of furan rings is 1. The van der Waals surface area contributed by atoms with E-state index >= 15 is 0 Å². The van der Waals surface area contributed by atoms with Gasteiger partial charge in [0.2, 0.25) is 0 Å². The second-order valence-corrected chi connectivity index (χ2v) is 8.94. The van der Waals surface area contributed by atoms with Gasteiger partial charge in [-0.05, 0) is 68.4 Å². The summed E-state index contributed by atoms with van der Waals surface area (Å²) in [7, 11) is 0. The van der Waals surface area contributed by atoms with E-state index in [1.54, 1.807) is 54.9 Å². The highest BCUT2D eigenvalue weighted by Gasteiger charge is 2.25. The van der Waals surface area contributed by atoms with Crippen LogP contribution in [0.2, 0.25) is 5.02 Å². The minimum Gasteiger partial charge on any atom is -0.457 e. The molecule has 8 heteroatoms. The number of pyridine rings is 1. The summed E-state index contributed by atoms with van der Waals surface area (Å²) in [6.07, 6.45) is 7.17. The molecule has 7 nitrogen and oxygen atoms in total. The summed E-state index contributed by atoms with van der Waals surface area (Å²) in [4.78, 5) is 31.8. The van der Waals surface area contributed by atoms with Crippen LogP contribution in [0.1, 0.15) is 41.4 Å². The van der Waals surface area contributed by atoms with Gasteiger partial charge < -0.3 is 15.1 Å². The number of amides is 2. The van der Waals surface area contributed by atoms with Crippen molar-refractivity contribution in [3.8, 4) is 11.3 Å².